The second kappa shape index (κ2) is 11.0. The Bertz CT molecular complexity index is 1140. The zero-order valence-corrected chi connectivity index (χ0v) is 20.2. The maximum atomic E-state index is 13.5. The number of nitrogens with one attached hydrogen (secondary N) is 2. The molecule has 2 N–H and O–H groups in total. The van der Waals surface area contributed by atoms with Crippen LogP contribution in [0.2, 0.25) is 0 Å². The number of hydrogen-bond acceptors (Lipinski definition) is 5. The molecule has 192 valence electrons. The molecular formula is C26H29F2N3O5. The molecule has 8 nitrogen and oxygen atoms in total. The van der Waals surface area contributed by atoms with Crippen molar-refractivity contribution in [1.82, 2.24) is 10.2 Å². The van der Waals surface area contributed by atoms with E-state index in [1.807, 2.05) is 6.92 Å². The molecule has 1 fully saturated rings. The van der Waals surface area contributed by atoms with Gasteiger partial charge in [-0.05, 0) is 49.6 Å². The summed E-state index contributed by atoms with van der Waals surface area (Å²) in [6.45, 7) is 2.80. The Morgan fingerprint density at radius 1 is 1.11 bits per heavy atom. The van der Waals surface area contributed by atoms with Gasteiger partial charge in [-0.15, -0.1) is 0 Å². The molecule has 0 spiro atoms. The van der Waals surface area contributed by atoms with Crippen LogP contribution >= 0.6 is 0 Å². The second-order valence-electron chi connectivity index (χ2n) is 9.05. The van der Waals surface area contributed by atoms with Crippen LogP contribution in [0.5, 0.6) is 5.75 Å². The van der Waals surface area contributed by atoms with E-state index in [9.17, 15) is 23.2 Å². The molecule has 2 aliphatic rings. The lowest BCUT2D eigenvalue weighted by atomic mass is 9.94. The third-order valence-electron chi connectivity index (χ3n) is 6.38. The number of hydrogen-bond donors (Lipinski definition) is 2. The number of anilines is 1. The molecule has 3 atom stereocenters. The summed E-state index contributed by atoms with van der Waals surface area (Å²) in [5.41, 5.74) is 0.350. The lowest BCUT2D eigenvalue weighted by Gasteiger charge is -2.42. The van der Waals surface area contributed by atoms with E-state index >= 15 is 0 Å². The minimum atomic E-state index is -0.864. The Labute approximate surface area is 207 Å². The van der Waals surface area contributed by atoms with Gasteiger partial charge in [-0.3, -0.25) is 14.4 Å². The van der Waals surface area contributed by atoms with Crippen LogP contribution in [0, 0.1) is 11.6 Å². The van der Waals surface area contributed by atoms with Crippen molar-refractivity contribution in [3.63, 3.8) is 0 Å². The summed E-state index contributed by atoms with van der Waals surface area (Å²) in [5.74, 6) is -2.48. The van der Waals surface area contributed by atoms with E-state index < -0.39 is 23.6 Å². The van der Waals surface area contributed by atoms with Crippen molar-refractivity contribution in [1.29, 1.82) is 0 Å². The summed E-state index contributed by atoms with van der Waals surface area (Å²) < 4.78 is 39.1. The van der Waals surface area contributed by atoms with Gasteiger partial charge in [0.1, 0.15) is 30.1 Å². The van der Waals surface area contributed by atoms with Crippen LogP contribution < -0.4 is 15.4 Å². The van der Waals surface area contributed by atoms with E-state index in [1.54, 1.807) is 24.1 Å². The first-order valence-corrected chi connectivity index (χ1v) is 12.0. The Balaban J connectivity index is 1.47. The van der Waals surface area contributed by atoms with Crippen LogP contribution in [-0.4, -0.2) is 61.1 Å². The first kappa shape index (κ1) is 25.6. The molecule has 0 aromatic heterocycles. The number of likely N-dealkylation sites (N-methyl/N-ethyl adjacent to an activating group) is 1. The highest BCUT2D eigenvalue weighted by atomic mass is 19.1. The number of carbonyl (C=O) groups is 3. The molecule has 1 saturated heterocycles. The maximum absolute atomic E-state index is 13.5. The highest BCUT2D eigenvalue weighted by Gasteiger charge is 2.39. The SMILES string of the molecule is CCCNC(=O)C[C@@H]1CC[C@H]2[C@H](COc3ccc(NC(=O)c4cc(F)cc(F)c4)cc3C(=O)N2C)O1. The minimum Gasteiger partial charge on any atom is -0.490 e. The third-order valence-corrected chi connectivity index (χ3v) is 6.38. The van der Waals surface area contributed by atoms with Gasteiger partial charge in [0.05, 0.1) is 24.1 Å². The lowest BCUT2D eigenvalue weighted by Crippen LogP contribution is -2.54. The van der Waals surface area contributed by atoms with E-state index in [-0.39, 0.29) is 53.8 Å². The Morgan fingerprint density at radius 3 is 2.58 bits per heavy atom. The number of halogens is 2. The normalized spacial score (nSPS) is 21.4. The summed E-state index contributed by atoms with van der Waals surface area (Å²) >= 11 is 0. The van der Waals surface area contributed by atoms with Gasteiger partial charge in [0.15, 0.2) is 0 Å². The molecule has 2 aromatic carbocycles. The van der Waals surface area contributed by atoms with Crippen molar-refractivity contribution < 1.29 is 32.6 Å². The first-order valence-electron chi connectivity index (χ1n) is 12.0. The van der Waals surface area contributed by atoms with Crippen LogP contribution in [0.25, 0.3) is 0 Å². The molecule has 0 saturated carbocycles. The fraction of sp³-hybridized carbons (Fsp3) is 0.423. The molecule has 4 rings (SSSR count). The van der Waals surface area contributed by atoms with Crippen LogP contribution in [0.15, 0.2) is 36.4 Å². The third kappa shape index (κ3) is 5.81. The van der Waals surface area contributed by atoms with Gasteiger partial charge in [0, 0.05) is 30.9 Å². The van der Waals surface area contributed by atoms with Crippen molar-refractivity contribution in [3.05, 3.63) is 59.2 Å². The van der Waals surface area contributed by atoms with Crippen molar-refractivity contribution in [3.8, 4) is 5.75 Å². The van der Waals surface area contributed by atoms with E-state index in [0.717, 1.165) is 18.6 Å². The quantitative estimate of drug-likeness (QED) is 0.632. The summed E-state index contributed by atoms with van der Waals surface area (Å²) in [5, 5.41) is 5.42. The zero-order valence-electron chi connectivity index (χ0n) is 20.2. The summed E-state index contributed by atoms with van der Waals surface area (Å²) in [7, 11) is 1.69. The topological polar surface area (TPSA) is 97.0 Å². The van der Waals surface area contributed by atoms with Gasteiger partial charge < -0.3 is 25.0 Å². The lowest BCUT2D eigenvalue weighted by molar-refractivity contribution is -0.134. The van der Waals surface area contributed by atoms with E-state index in [0.29, 0.717) is 31.2 Å². The molecular weight excluding hydrogens is 472 g/mol. The van der Waals surface area contributed by atoms with Gasteiger partial charge >= 0.3 is 0 Å². The van der Waals surface area contributed by atoms with Crippen LogP contribution in [0.4, 0.5) is 14.5 Å². The number of ether oxygens (including phenoxy) is 2. The number of fused-ring (bicyclic) bond motifs is 2. The average molecular weight is 502 g/mol. The number of amides is 3. The Hall–Kier alpha value is -3.53. The van der Waals surface area contributed by atoms with Gasteiger partial charge in [-0.2, -0.15) is 0 Å². The first-order chi connectivity index (χ1) is 17.2. The largest absolute Gasteiger partial charge is 0.490 e. The van der Waals surface area contributed by atoms with Gasteiger partial charge in [-0.1, -0.05) is 6.92 Å². The van der Waals surface area contributed by atoms with Crippen LogP contribution in [0.1, 0.15) is 53.3 Å². The monoisotopic (exact) mass is 501 g/mol. The number of nitrogens with zero attached hydrogens (tertiary/aromatic N) is 1. The molecule has 3 amide bonds. The second-order valence-corrected chi connectivity index (χ2v) is 9.05. The molecule has 0 unspecified atom stereocenters. The molecule has 2 heterocycles. The van der Waals surface area contributed by atoms with Crippen molar-refractivity contribution >= 4 is 23.4 Å². The highest BCUT2D eigenvalue weighted by Crippen LogP contribution is 2.32. The van der Waals surface area contributed by atoms with Crippen molar-refractivity contribution in [2.24, 2.45) is 0 Å². The molecule has 0 bridgehead atoms. The standard InChI is InChI=1S/C26H29F2N3O5/c1-3-8-29-24(32)13-19-5-6-21-23(36-19)14-35-22-7-4-18(12-20(22)26(34)31(21)2)30-25(33)15-9-16(27)11-17(28)10-15/h4,7,9-12,19,21,23H,3,5-6,8,13-14H2,1-2H3,(H,29,32)(H,30,33)/t19-,21-,23-/m0/s1. The number of carbonyl (C=O) groups excluding carboxylic acids is 3. The molecule has 10 heteroatoms. The van der Waals surface area contributed by atoms with Gasteiger partial charge in [-0.25, -0.2) is 8.78 Å². The maximum Gasteiger partial charge on any atom is 0.257 e. The molecule has 0 radical (unpaired) electrons. The van der Waals surface area contributed by atoms with Crippen molar-refractivity contribution in [2.45, 2.75) is 50.9 Å². The highest BCUT2D eigenvalue weighted by molar-refractivity contribution is 6.05. The Morgan fingerprint density at radius 2 is 1.86 bits per heavy atom. The molecule has 2 aliphatic heterocycles. The van der Waals surface area contributed by atoms with Gasteiger partial charge in [0.2, 0.25) is 5.91 Å². The van der Waals surface area contributed by atoms with Gasteiger partial charge in [0.25, 0.3) is 11.8 Å². The minimum absolute atomic E-state index is 0.0580. The predicted octanol–water partition coefficient (Wildman–Crippen LogP) is 3.51. The molecule has 2 aromatic rings. The number of benzene rings is 2. The van der Waals surface area contributed by atoms with Crippen molar-refractivity contribution in [2.75, 3.05) is 25.5 Å². The van der Waals surface area contributed by atoms with Crippen LogP contribution in [0.3, 0.4) is 0 Å². The van der Waals surface area contributed by atoms with E-state index in [1.165, 1.54) is 6.07 Å². The molecule has 0 aliphatic carbocycles. The predicted molar refractivity (Wildman–Crippen MR) is 128 cm³/mol. The van der Waals surface area contributed by atoms with Crippen LogP contribution in [-0.2, 0) is 9.53 Å². The fourth-order valence-corrected chi connectivity index (χ4v) is 4.54. The fourth-order valence-electron chi connectivity index (χ4n) is 4.54. The summed E-state index contributed by atoms with van der Waals surface area (Å²) in [6, 6.07) is 6.87. The smallest absolute Gasteiger partial charge is 0.257 e. The average Bonchev–Trinajstić information content (AvgIpc) is 2.84. The van der Waals surface area contributed by atoms with E-state index in [2.05, 4.69) is 10.6 Å². The number of rotatable bonds is 6. The summed E-state index contributed by atoms with van der Waals surface area (Å²) in [6.07, 6.45) is 1.75. The summed E-state index contributed by atoms with van der Waals surface area (Å²) in [4.78, 5) is 39.5. The molecule has 36 heavy (non-hydrogen) atoms. The zero-order chi connectivity index (χ0) is 25.8. The van der Waals surface area contributed by atoms with E-state index in [4.69, 9.17) is 9.47 Å². The Kier molecular flexibility index (Phi) is 7.83.